The predicted molar refractivity (Wildman–Crippen MR) is 104 cm³/mol. The molecule has 3 rings (SSSR count). The van der Waals surface area contributed by atoms with Crippen LogP contribution in [0.15, 0.2) is 69.2 Å². The predicted octanol–water partition coefficient (Wildman–Crippen LogP) is 0.933. The van der Waals surface area contributed by atoms with E-state index in [1.807, 2.05) is 0 Å². The molecule has 2 aromatic carbocycles. The van der Waals surface area contributed by atoms with Crippen molar-refractivity contribution in [2.24, 2.45) is 12.2 Å². The van der Waals surface area contributed by atoms with Crippen molar-refractivity contribution >= 4 is 25.7 Å². The maximum Gasteiger partial charge on any atom is 0.296 e. The van der Waals surface area contributed by atoms with Crippen LogP contribution in [-0.4, -0.2) is 26.2 Å². The Labute approximate surface area is 162 Å². The number of nitrogens with one attached hydrogen (secondary N) is 1. The van der Waals surface area contributed by atoms with Crippen LogP contribution in [-0.2, 0) is 27.1 Å². The number of sulfonamides is 2. The van der Waals surface area contributed by atoms with Crippen molar-refractivity contribution in [3.8, 4) is 5.69 Å². The molecule has 0 radical (unpaired) electrons. The molecule has 0 aliphatic carbocycles. The number of hydrogen-bond donors (Lipinski definition) is 2. The lowest BCUT2D eigenvalue weighted by atomic mass is 10.3. The van der Waals surface area contributed by atoms with Crippen molar-refractivity contribution in [2.45, 2.75) is 16.7 Å². The molecule has 0 spiro atoms. The molecule has 0 saturated heterocycles. The van der Waals surface area contributed by atoms with Crippen LogP contribution in [0.2, 0.25) is 0 Å². The van der Waals surface area contributed by atoms with Gasteiger partial charge in [-0.1, -0.05) is 24.3 Å². The van der Waals surface area contributed by atoms with E-state index in [0.29, 0.717) is 11.4 Å². The summed E-state index contributed by atoms with van der Waals surface area (Å²) >= 11 is 0. The van der Waals surface area contributed by atoms with Gasteiger partial charge >= 0.3 is 0 Å². The van der Waals surface area contributed by atoms with Gasteiger partial charge in [-0.25, -0.2) is 26.7 Å². The largest absolute Gasteiger partial charge is 0.296 e. The van der Waals surface area contributed by atoms with Crippen molar-refractivity contribution in [3.05, 3.63) is 70.6 Å². The Bertz CT molecular complexity index is 1310. The molecule has 9 nitrogen and oxygen atoms in total. The molecule has 0 saturated carbocycles. The highest BCUT2D eigenvalue weighted by atomic mass is 32.2. The van der Waals surface area contributed by atoms with Gasteiger partial charge in [-0.2, -0.15) is 0 Å². The molecule has 11 heteroatoms. The van der Waals surface area contributed by atoms with Gasteiger partial charge in [0.1, 0.15) is 5.69 Å². The number of aromatic nitrogens is 2. The van der Waals surface area contributed by atoms with Crippen LogP contribution in [0.5, 0.6) is 0 Å². The van der Waals surface area contributed by atoms with Crippen molar-refractivity contribution in [1.29, 1.82) is 0 Å². The minimum absolute atomic E-state index is 0.132. The van der Waals surface area contributed by atoms with E-state index in [1.165, 1.54) is 27.6 Å². The topological polar surface area (TPSA) is 133 Å². The van der Waals surface area contributed by atoms with Gasteiger partial charge < -0.3 is 0 Å². The van der Waals surface area contributed by atoms with Crippen LogP contribution in [0, 0.1) is 6.92 Å². The lowest BCUT2D eigenvalue weighted by Gasteiger charge is -2.08. The number of primary sulfonamides is 1. The molecular weight excluding hydrogens is 404 g/mol. The average molecular weight is 422 g/mol. The second kappa shape index (κ2) is 6.93. The number of para-hydroxylation sites is 1. The van der Waals surface area contributed by atoms with Crippen LogP contribution < -0.4 is 15.4 Å². The minimum atomic E-state index is -4.22. The Morgan fingerprint density at radius 1 is 0.929 bits per heavy atom. The standard InChI is InChI=1S/C17H18N4O5S2/c1-12-16(17(22)21(20(12)2)13-7-4-3-5-8-13)19-28(25,26)15-10-6-9-14(11-15)27(18,23)24/h3-11,19H,1-2H3,(H2,18,23,24). The molecule has 148 valence electrons. The fourth-order valence-electron chi connectivity index (χ4n) is 2.70. The van der Waals surface area contributed by atoms with E-state index in [1.54, 1.807) is 44.3 Å². The summed E-state index contributed by atoms with van der Waals surface area (Å²) in [4.78, 5) is 12.2. The first-order valence-electron chi connectivity index (χ1n) is 8.02. The highest BCUT2D eigenvalue weighted by Gasteiger charge is 2.23. The third-order valence-corrected chi connectivity index (χ3v) is 6.49. The molecule has 3 aromatic rings. The number of rotatable bonds is 5. The van der Waals surface area contributed by atoms with Gasteiger partial charge in [0.05, 0.1) is 21.2 Å². The zero-order chi connectivity index (χ0) is 20.7. The van der Waals surface area contributed by atoms with Gasteiger partial charge in [-0.3, -0.25) is 14.2 Å². The minimum Gasteiger partial charge on any atom is -0.283 e. The van der Waals surface area contributed by atoms with E-state index in [9.17, 15) is 21.6 Å². The lowest BCUT2D eigenvalue weighted by Crippen LogP contribution is -2.23. The van der Waals surface area contributed by atoms with E-state index in [-0.39, 0.29) is 15.5 Å². The van der Waals surface area contributed by atoms with Gasteiger partial charge in [0.2, 0.25) is 10.0 Å². The van der Waals surface area contributed by atoms with Gasteiger partial charge in [0.25, 0.3) is 15.6 Å². The normalized spacial score (nSPS) is 12.1. The van der Waals surface area contributed by atoms with Crippen molar-refractivity contribution in [3.63, 3.8) is 0 Å². The van der Waals surface area contributed by atoms with Gasteiger partial charge in [0.15, 0.2) is 0 Å². The monoisotopic (exact) mass is 422 g/mol. The molecule has 0 aliphatic rings. The summed E-state index contributed by atoms with van der Waals surface area (Å²) in [6.07, 6.45) is 0. The summed E-state index contributed by atoms with van der Waals surface area (Å²) in [5, 5.41) is 5.06. The molecule has 28 heavy (non-hydrogen) atoms. The number of benzene rings is 2. The molecule has 1 heterocycles. The van der Waals surface area contributed by atoms with E-state index < -0.39 is 25.6 Å². The van der Waals surface area contributed by atoms with Crippen LogP contribution in [0.3, 0.4) is 0 Å². The Kier molecular flexibility index (Phi) is 4.91. The Hall–Kier alpha value is -2.89. The zero-order valence-electron chi connectivity index (χ0n) is 15.0. The third-order valence-electron chi connectivity index (χ3n) is 4.23. The maximum atomic E-state index is 12.8. The number of hydrogen-bond acceptors (Lipinski definition) is 5. The highest BCUT2D eigenvalue weighted by Crippen LogP contribution is 2.20. The first-order valence-corrected chi connectivity index (χ1v) is 11.0. The molecular formula is C17H18N4O5S2. The summed E-state index contributed by atoms with van der Waals surface area (Å²) in [5.41, 5.74) is 0.268. The highest BCUT2D eigenvalue weighted by molar-refractivity contribution is 7.93. The molecule has 0 atom stereocenters. The Morgan fingerprint density at radius 2 is 1.54 bits per heavy atom. The number of nitrogens with zero attached hydrogens (tertiary/aromatic N) is 2. The van der Waals surface area contributed by atoms with Crippen molar-refractivity contribution in [1.82, 2.24) is 9.36 Å². The fraction of sp³-hybridized carbons (Fsp3) is 0.118. The van der Waals surface area contributed by atoms with Crippen LogP contribution in [0.4, 0.5) is 5.69 Å². The molecule has 3 N–H and O–H groups in total. The van der Waals surface area contributed by atoms with E-state index in [4.69, 9.17) is 5.14 Å². The SMILES string of the molecule is Cc1c(NS(=O)(=O)c2cccc(S(N)(=O)=O)c2)c(=O)n(-c2ccccc2)n1C. The van der Waals surface area contributed by atoms with E-state index >= 15 is 0 Å². The summed E-state index contributed by atoms with van der Waals surface area (Å²) in [6, 6.07) is 13.3. The first-order chi connectivity index (χ1) is 13.0. The van der Waals surface area contributed by atoms with Crippen LogP contribution >= 0.6 is 0 Å². The Balaban J connectivity index is 2.09. The Morgan fingerprint density at radius 3 is 2.14 bits per heavy atom. The summed E-state index contributed by atoms with van der Waals surface area (Å²) in [6.45, 7) is 1.60. The zero-order valence-corrected chi connectivity index (χ0v) is 16.7. The lowest BCUT2D eigenvalue weighted by molar-refractivity contribution is 0.597. The average Bonchev–Trinajstić information content (AvgIpc) is 2.85. The molecule has 0 unspecified atom stereocenters. The van der Waals surface area contributed by atoms with E-state index in [2.05, 4.69) is 4.72 Å². The van der Waals surface area contributed by atoms with Crippen LogP contribution in [0.25, 0.3) is 5.69 Å². The first kappa shape index (κ1) is 19.9. The van der Waals surface area contributed by atoms with E-state index in [0.717, 1.165) is 6.07 Å². The molecule has 0 bridgehead atoms. The second-order valence-electron chi connectivity index (χ2n) is 6.06. The second-order valence-corrected chi connectivity index (χ2v) is 9.31. The van der Waals surface area contributed by atoms with Gasteiger partial charge in [0, 0.05) is 7.05 Å². The number of anilines is 1. The summed E-state index contributed by atoms with van der Waals surface area (Å²) in [5.74, 6) is 0. The molecule has 0 amide bonds. The summed E-state index contributed by atoms with van der Waals surface area (Å²) < 4.78 is 53.6. The number of nitrogens with two attached hydrogens (primary N) is 1. The molecule has 0 aliphatic heterocycles. The molecule has 0 fully saturated rings. The van der Waals surface area contributed by atoms with Crippen molar-refractivity contribution < 1.29 is 16.8 Å². The fourth-order valence-corrected chi connectivity index (χ4v) is 4.49. The smallest absolute Gasteiger partial charge is 0.283 e. The maximum absolute atomic E-state index is 12.8. The summed E-state index contributed by atoms with van der Waals surface area (Å²) in [7, 11) is -6.67. The van der Waals surface area contributed by atoms with Crippen molar-refractivity contribution in [2.75, 3.05) is 4.72 Å². The van der Waals surface area contributed by atoms with Gasteiger partial charge in [-0.05, 0) is 37.3 Å². The quantitative estimate of drug-likeness (QED) is 0.631. The van der Waals surface area contributed by atoms with Gasteiger partial charge in [-0.15, -0.1) is 0 Å². The molecule has 1 aromatic heterocycles. The van der Waals surface area contributed by atoms with Crippen LogP contribution in [0.1, 0.15) is 5.69 Å². The third kappa shape index (κ3) is 3.59.